The molecule has 1 heterocycles. The first-order valence-corrected chi connectivity index (χ1v) is 8.62. The van der Waals surface area contributed by atoms with Gasteiger partial charge in [-0.2, -0.15) is 5.10 Å². The molecule has 1 atom stereocenters. The number of nitrogens with zero attached hydrogens (tertiary/aromatic N) is 2. The minimum Gasteiger partial charge on any atom is -0.492 e. The summed E-state index contributed by atoms with van der Waals surface area (Å²) in [6.07, 6.45) is 4.70. The molecule has 0 spiro atoms. The Kier molecular flexibility index (Phi) is 7.40. The third-order valence-corrected chi connectivity index (χ3v) is 3.94. The molecule has 2 aromatic rings. The molecule has 0 saturated heterocycles. The number of amides is 1. The maximum Gasteiger partial charge on any atom is 0.220 e. The zero-order valence-electron chi connectivity index (χ0n) is 13.5. The molecule has 0 radical (unpaired) electrons. The standard InChI is InChI=1S/C17H21Cl2N3O2/c1-13(12-22-8-3-7-21-22)11-20-17(23)4-2-9-24-16-6-5-14(18)10-15(16)19/h3,5-8,10,13H,2,4,9,11-12H2,1H3,(H,20,23). The quantitative estimate of drug-likeness (QED) is 0.683. The van der Waals surface area contributed by atoms with Gasteiger partial charge in [-0.05, 0) is 36.6 Å². The molecule has 1 aromatic heterocycles. The molecule has 5 nitrogen and oxygen atoms in total. The number of aromatic nitrogens is 2. The summed E-state index contributed by atoms with van der Waals surface area (Å²) in [6, 6.07) is 6.96. The number of rotatable bonds is 9. The zero-order valence-corrected chi connectivity index (χ0v) is 15.1. The van der Waals surface area contributed by atoms with Crippen LogP contribution in [0.5, 0.6) is 5.75 Å². The van der Waals surface area contributed by atoms with Crippen molar-refractivity contribution in [3.63, 3.8) is 0 Å². The third-order valence-electron chi connectivity index (χ3n) is 3.41. The van der Waals surface area contributed by atoms with E-state index in [0.717, 1.165) is 6.54 Å². The van der Waals surface area contributed by atoms with Crippen LogP contribution in [0.15, 0.2) is 36.7 Å². The Morgan fingerprint density at radius 3 is 2.96 bits per heavy atom. The van der Waals surface area contributed by atoms with Crippen LogP contribution in [-0.4, -0.2) is 28.8 Å². The highest BCUT2D eigenvalue weighted by molar-refractivity contribution is 6.35. The average molecular weight is 370 g/mol. The first-order chi connectivity index (χ1) is 11.5. The minimum absolute atomic E-state index is 0.0214. The Morgan fingerprint density at radius 1 is 1.42 bits per heavy atom. The van der Waals surface area contributed by atoms with Gasteiger partial charge in [-0.15, -0.1) is 0 Å². The van der Waals surface area contributed by atoms with Crippen LogP contribution < -0.4 is 10.1 Å². The zero-order chi connectivity index (χ0) is 17.4. The Morgan fingerprint density at radius 2 is 2.25 bits per heavy atom. The smallest absolute Gasteiger partial charge is 0.220 e. The van der Waals surface area contributed by atoms with Crippen LogP contribution in [0.25, 0.3) is 0 Å². The second kappa shape index (κ2) is 9.55. The fourth-order valence-corrected chi connectivity index (χ4v) is 2.64. The van der Waals surface area contributed by atoms with E-state index in [1.165, 1.54) is 0 Å². The summed E-state index contributed by atoms with van der Waals surface area (Å²) in [4.78, 5) is 11.8. The van der Waals surface area contributed by atoms with Gasteiger partial charge in [0.2, 0.25) is 5.91 Å². The fourth-order valence-electron chi connectivity index (χ4n) is 2.18. The Bertz CT molecular complexity index is 647. The van der Waals surface area contributed by atoms with Crippen LogP contribution >= 0.6 is 23.2 Å². The van der Waals surface area contributed by atoms with Gasteiger partial charge < -0.3 is 10.1 Å². The lowest BCUT2D eigenvalue weighted by atomic mass is 10.2. The Balaban J connectivity index is 1.59. The molecular weight excluding hydrogens is 349 g/mol. The van der Waals surface area contributed by atoms with E-state index in [1.54, 1.807) is 24.4 Å². The number of benzene rings is 1. The summed E-state index contributed by atoms with van der Waals surface area (Å²) in [7, 11) is 0. The van der Waals surface area contributed by atoms with E-state index in [1.807, 2.05) is 16.9 Å². The number of ether oxygens (including phenoxy) is 1. The number of halogens is 2. The van der Waals surface area contributed by atoms with Gasteiger partial charge in [-0.1, -0.05) is 30.1 Å². The SMILES string of the molecule is CC(CNC(=O)CCCOc1ccc(Cl)cc1Cl)Cn1cccn1. The first-order valence-electron chi connectivity index (χ1n) is 7.86. The summed E-state index contributed by atoms with van der Waals surface area (Å²) < 4.78 is 7.42. The third kappa shape index (κ3) is 6.42. The minimum atomic E-state index is 0.0214. The molecular formula is C17H21Cl2N3O2. The van der Waals surface area contributed by atoms with E-state index in [4.69, 9.17) is 27.9 Å². The van der Waals surface area contributed by atoms with Crippen molar-refractivity contribution in [3.05, 3.63) is 46.7 Å². The lowest BCUT2D eigenvalue weighted by Gasteiger charge is -2.13. The van der Waals surface area contributed by atoms with E-state index >= 15 is 0 Å². The van der Waals surface area contributed by atoms with Crippen molar-refractivity contribution >= 4 is 29.1 Å². The monoisotopic (exact) mass is 369 g/mol. The highest BCUT2D eigenvalue weighted by atomic mass is 35.5. The topological polar surface area (TPSA) is 56.1 Å². The Labute approximate surface area is 151 Å². The number of hydrogen-bond donors (Lipinski definition) is 1. The largest absolute Gasteiger partial charge is 0.492 e. The molecule has 1 aromatic carbocycles. The van der Waals surface area contributed by atoms with E-state index < -0.39 is 0 Å². The maximum atomic E-state index is 11.8. The summed E-state index contributed by atoms with van der Waals surface area (Å²) in [5.74, 6) is 0.917. The van der Waals surface area contributed by atoms with Gasteiger partial charge in [-0.3, -0.25) is 9.48 Å². The highest BCUT2D eigenvalue weighted by Crippen LogP contribution is 2.27. The van der Waals surface area contributed by atoms with Crippen molar-refractivity contribution in [2.24, 2.45) is 5.92 Å². The molecule has 24 heavy (non-hydrogen) atoms. The van der Waals surface area contributed by atoms with Gasteiger partial charge in [-0.25, -0.2) is 0 Å². The van der Waals surface area contributed by atoms with E-state index in [0.29, 0.717) is 47.7 Å². The van der Waals surface area contributed by atoms with Gasteiger partial charge >= 0.3 is 0 Å². The molecule has 0 bridgehead atoms. The second-order valence-electron chi connectivity index (χ2n) is 5.66. The van der Waals surface area contributed by atoms with Gasteiger partial charge in [0, 0.05) is 36.9 Å². The van der Waals surface area contributed by atoms with Crippen molar-refractivity contribution in [2.45, 2.75) is 26.3 Å². The average Bonchev–Trinajstić information content (AvgIpc) is 3.04. The number of carbonyl (C=O) groups excluding carboxylic acids is 1. The predicted molar refractivity (Wildman–Crippen MR) is 95.6 cm³/mol. The van der Waals surface area contributed by atoms with Gasteiger partial charge in [0.15, 0.2) is 0 Å². The molecule has 0 aliphatic heterocycles. The van der Waals surface area contributed by atoms with Crippen LogP contribution in [0.4, 0.5) is 0 Å². The van der Waals surface area contributed by atoms with Crippen molar-refractivity contribution in [2.75, 3.05) is 13.2 Å². The summed E-state index contributed by atoms with van der Waals surface area (Å²) in [5.41, 5.74) is 0. The number of hydrogen-bond acceptors (Lipinski definition) is 3. The molecule has 0 aliphatic carbocycles. The van der Waals surface area contributed by atoms with E-state index in [-0.39, 0.29) is 5.91 Å². The van der Waals surface area contributed by atoms with Gasteiger partial charge in [0.05, 0.1) is 11.6 Å². The van der Waals surface area contributed by atoms with Crippen LogP contribution in [-0.2, 0) is 11.3 Å². The van der Waals surface area contributed by atoms with E-state index in [9.17, 15) is 4.79 Å². The lowest BCUT2D eigenvalue weighted by Crippen LogP contribution is -2.30. The van der Waals surface area contributed by atoms with Crippen LogP contribution in [0.3, 0.4) is 0 Å². The van der Waals surface area contributed by atoms with Crippen LogP contribution in [0.2, 0.25) is 10.0 Å². The summed E-state index contributed by atoms with van der Waals surface area (Å²) in [6.45, 7) is 3.92. The van der Waals surface area contributed by atoms with Crippen molar-refractivity contribution in [3.8, 4) is 5.75 Å². The molecule has 1 unspecified atom stereocenters. The Hall–Kier alpha value is -1.72. The lowest BCUT2D eigenvalue weighted by molar-refractivity contribution is -0.121. The van der Waals surface area contributed by atoms with Gasteiger partial charge in [0.25, 0.3) is 0 Å². The molecule has 2 rings (SSSR count). The highest BCUT2D eigenvalue weighted by Gasteiger charge is 2.07. The van der Waals surface area contributed by atoms with Crippen LogP contribution in [0.1, 0.15) is 19.8 Å². The molecule has 7 heteroatoms. The summed E-state index contributed by atoms with van der Waals surface area (Å²) >= 11 is 11.8. The summed E-state index contributed by atoms with van der Waals surface area (Å²) in [5, 5.41) is 8.12. The normalized spacial score (nSPS) is 12.0. The van der Waals surface area contributed by atoms with E-state index in [2.05, 4.69) is 17.3 Å². The molecule has 1 N–H and O–H groups in total. The molecule has 1 amide bonds. The maximum absolute atomic E-state index is 11.8. The van der Waals surface area contributed by atoms with Crippen molar-refractivity contribution in [1.29, 1.82) is 0 Å². The van der Waals surface area contributed by atoms with Crippen LogP contribution in [0, 0.1) is 5.92 Å². The predicted octanol–water partition coefficient (Wildman–Crippen LogP) is 3.80. The second-order valence-corrected chi connectivity index (χ2v) is 6.51. The van der Waals surface area contributed by atoms with Crippen molar-refractivity contribution in [1.82, 2.24) is 15.1 Å². The van der Waals surface area contributed by atoms with Crippen molar-refractivity contribution < 1.29 is 9.53 Å². The molecule has 0 aliphatic rings. The fraction of sp³-hybridized carbons (Fsp3) is 0.412. The van der Waals surface area contributed by atoms with Gasteiger partial charge in [0.1, 0.15) is 5.75 Å². The first kappa shape index (κ1) is 18.6. The number of nitrogens with one attached hydrogen (secondary N) is 1. The molecule has 0 fully saturated rings. The number of carbonyl (C=O) groups is 1. The molecule has 130 valence electrons. The molecule has 0 saturated carbocycles.